The third kappa shape index (κ3) is 6.76. The molecule has 6 nitrogen and oxygen atoms in total. The van der Waals surface area contributed by atoms with E-state index in [1.165, 1.54) is 6.07 Å². The molecule has 2 amide bonds. The van der Waals surface area contributed by atoms with E-state index in [1.807, 2.05) is 0 Å². The minimum atomic E-state index is -1.25. The van der Waals surface area contributed by atoms with E-state index in [0.717, 1.165) is 18.9 Å². The molecule has 0 radical (unpaired) electrons. The number of amides is 2. The zero-order valence-corrected chi connectivity index (χ0v) is 18.5. The van der Waals surface area contributed by atoms with Gasteiger partial charge in [-0.25, -0.2) is 13.6 Å². The van der Waals surface area contributed by atoms with Crippen LogP contribution in [0.2, 0.25) is 0 Å². The summed E-state index contributed by atoms with van der Waals surface area (Å²) in [6, 6.07) is 2.43. The number of rotatable bonds is 6. The molecule has 1 saturated heterocycles. The summed E-state index contributed by atoms with van der Waals surface area (Å²) in [6.07, 6.45) is 3.00. The number of urea groups is 1. The number of hydrogen-bond donors (Lipinski definition) is 2. The third-order valence-corrected chi connectivity index (χ3v) is 4.95. The second-order valence-electron chi connectivity index (χ2n) is 7.05. The van der Waals surface area contributed by atoms with Crippen LogP contribution in [0.15, 0.2) is 18.2 Å². The first-order valence-corrected chi connectivity index (χ1v) is 8.86. The van der Waals surface area contributed by atoms with Crippen molar-refractivity contribution >= 4 is 12.0 Å². The van der Waals surface area contributed by atoms with Crippen LogP contribution in [0.4, 0.5) is 13.6 Å². The predicted molar refractivity (Wildman–Crippen MR) is 87.8 cm³/mol. The predicted octanol–water partition coefficient (Wildman–Crippen LogP) is -2.24. The average Bonchev–Trinajstić information content (AvgIpc) is 3.42. The third-order valence-electron chi connectivity index (χ3n) is 4.95. The van der Waals surface area contributed by atoms with Gasteiger partial charge in [-0.2, -0.15) is 0 Å². The number of aliphatic carboxylic acids is 1. The Morgan fingerprint density at radius 2 is 1.81 bits per heavy atom. The van der Waals surface area contributed by atoms with Crippen molar-refractivity contribution in [1.29, 1.82) is 0 Å². The Morgan fingerprint density at radius 3 is 2.37 bits per heavy atom. The quantitative estimate of drug-likeness (QED) is 0.525. The van der Waals surface area contributed by atoms with Crippen molar-refractivity contribution in [2.24, 2.45) is 5.92 Å². The smallest absolute Gasteiger partial charge is 0.548 e. The van der Waals surface area contributed by atoms with Crippen LogP contribution >= 0.6 is 0 Å². The van der Waals surface area contributed by atoms with E-state index in [2.05, 4.69) is 15.5 Å². The van der Waals surface area contributed by atoms with Gasteiger partial charge in [0.2, 0.25) is 0 Å². The van der Waals surface area contributed by atoms with Gasteiger partial charge < -0.3 is 20.5 Å². The van der Waals surface area contributed by atoms with Crippen molar-refractivity contribution in [2.75, 3.05) is 13.1 Å². The summed E-state index contributed by atoms with van der Waals surface area (Å²) in [7, 11) is 0. The standard InChI is InChI=1S/C18H23F2N3O3.K/c19-14-4-1-11(9-15(14)20)10-23-7-5-13(6-8-23)21-18(26)22-16(17(24)25)12-2-3-12;/h1,4,9,12-13,16H,2-3,5-8,10H2,(H,24,25)(H2,21,22,26);/q;+1/p-1. The number of carbonyl (C=O) groups is 2. The number of piperidine rings is 1. The number of carboxylic acid groups (broad SMARTS) is 1. The van der Waals surface area contributed by atoms with Gasteiger partial charge in [0.1, 0.15) is 0 Å². The number of nitrogens with one attached hydrogen (secondary N) is 2. The maximum Gasteiger partial charge on any atom is 1.00 e. The monoisotopic (exact) mass is 405 g/mol. The molecule has 2 N–H and O–H groups in total. The Balaban J connectivity index is 0.00000261. The van der Waals surface area contributed by atoms with Gasteiger partial charge in [0.25, 0.3) is 0 Å². The first-order valence-electron chi connectivity index (χ1n) is 8.86. The van der Waals surface area contributed by atoms with E-state index in [0.29, 0.717) is 38.0 Å². The van der Waals surface area contributed by atoms with Crippen LogP contribution in [0.5, 0.6) is 0 Å². The van der Waals surface area contributed by atoms with E-state index >= 15 is 0 Å². The normalized spacial score (nSPS) is 19.0. The molecule has 2 fully saturated rings. The SMILES string of the molecule is O=C(NC1CCN(Cc2ccc(F)c(F)c2)CC1)NC(C(=O)[O-])C1CC1.[K+]. The molecule has 142 valence electrons. The van der Waals surface area contributed by atoms with E-state index in [1.54, 1.807) is 6.07 Å². The molecule has 1 saturated carbocycles. The number of nitrogens with zero attached hydrogens (tertiary/aromatic N) is 1. The van der Waals surface area contributed by atoms with Crippen LogP contribution < -0.4 is 67.1 Å². The zero-order chi connectivity index (χ0) is 18.7. The second-order valence-corrected chi connectivity index (χ2v) is 7.05. The molecule has 1 atom stereocenters. The summed E-state index contributed by atoms with van der Waals surface area (Å²) in [5, 5.41) is 16.4. The second kappa shape index (κ2) is 10.3. The van der Waals surface area contributed by atoms with Gasteiger partial charge >= 0.3 is 57.4 Å². The number of hydrogen-bond acceptors (Lipinski definition) is 4. The maximum atomic E-state index is 13.3. The van der Waals surface area contributed by atoms with Crippen LogP contribution in [-0.4, -0.2) is 42.1 Å². The molecule has 0 aromatic heterocycles. The van der Waals surface area contributed by atoms with Crippen molar-refractivity contribution < 1.29 is 74.9 Å². The maximum absolute atomic E-state index is 13.3. The summed E-state index contributed by atoms with van der Waals surface area (Å²) < 4.78 is 26.2. The number of carboxylic acids is 1. The molecule has 2 aliphatic rings. The van der Waals surface area contributed by atoms with Gasteiger partial charge in [0.15, 0.2) is 11.6 Å². The Kier molecular flexibility index (Phi) is 8.63. The fraction of sp³-hybridized carbons (Fsp3) is 0.556. The molecule has 1 aromatic rings. The number of carbonyl (C=O) groups excluding carboxylic acids is 2. The Hall–Kier alpha value is -0.584. The summed E-state index contributed by atoms with van der Waals surface area (Å²) in [5.41, 5.74) is 0.703. The van der Waals surface area contributed by atoms with Crippen LogP contribution in [0.3, 0.4) is 0 Å². The average molecular weight is 405 g/mol. The Labute approximate surface area is 199 Å². The van der Waals surface area contributed by atoms with E-state index < -0.39 is 29.7 Å². The van der Waals surface area contributed by atoms with Gasteiger partial charge in [-0.3, -0.25) is 4.90 Å². The van der Waals surface area contributed by atoms with Crippen molar-refractivity contribution in [2.45, 2.75) is 44.3 Å². The molecule has 1 aliphatic heterocycles. The van der Waals surface area contributed by atoms with E-state index in [9.17, 15) is 23.5 Å². The van der Waals surface area contributed by atoms with Gasteiger partial charge in [-0.15, -0.1) is 0 Å². The van der Waals surface area contributed by atoms with E-state index in [-0.39, 0.29) is 63.3 Å². The molecule has 1 heterocycles. The largest absolute Gasteiger partial charge is 1.00 e. The fourth-order valence-corrected chi connectivity index (χ4v) is 3.30. The fourth-order valence-electron chi connectivity index (χ4n) is 3.30. The van der Waals surface area contributed by atoms with Crippen LogP contribution in [0, 0.1) is 17.6 Å². The Morgan fingerprint density at radius 1 is 1.15 bits per heavy atom. The molecule has 0 spiro atoms. The first kappa shape index (κ1) is 22.7. The van der Waals surface area contributed by atoms with Gasteiger partial charge in [0.05, 0.1) is 12.0 Å². The van der Waals surface area contributed by atoms with Crippen molar-refractivity contribution in [3.8, 4) is 0 Å². The summed E-state index contributed by atoms with van der Waals surface area (Å²) in [5.74, 6) is -2.98. The zero-order valence-electron chi connectivity index (χ0n) is 15.3. The number of benzene rings is 1. The van der Waals surface area contributed by atoms with Gasteiger partial charge in [-0.1, -0.05) is 6.07 Å². The first-order chi connectivity index (χ1) is 12.4. The molecule has 27 heavy (non-hydrogen) atoms. The summed E-state index contributed by atoms with van der Waals surface area (Å²) >= 11 is 0. The topological polar surface area (TPSA) is 84.5 Å². The van der Waals surface area contributed by atoms with Crippen molar-refractivity contribution in [3.63, 3.8) is 0 Å². The molecular weight excluding hydrogens is 383 g/mol. The minimum absolute atomic E-state index is 0. The molecule has 1 unspecified atom stereocenters. The van der Waals surface area contributed by atoms with Crippen molar-refractivity contribution in [3.05, 3.63) is 35.4 Å². The van der Waals surface area contributed by atoms with Crippen LogP contribution in [0.1, 0.15) is 31.2 Å². The molecule has 3 rings (SSSR count). The number of halogens is 2. The Bertz CT molecular complexity index is 680. The molecule has 1 aromatic carbocycles. The summed E-state index contributed by atoms with van der Waals surface area (Å²) in [4.78, 5) is 25.2. The molecule has 9 heteroatoms. The summed E-state index contributed by atoms with van der Waals surface area (Å²) in [6.45, 7) is 1.93. The van der Waals surface area contributed by atoms with Crippen molar-refractivity contribution in [1.82, 2.24) is 15.5 Å². The van der Waals surface area contributed by atoms with Gasteiger partial charge in [-0.05, 0) is 49.3 Å². The molecule has 0 bridgehead atoms. The van der Waals surface area contributed by atoms with Crippen LogP contribution in [0.25, 0.3) is 0 Å². The molecule has 1 aliphatic carbocycles. The van der Waals surface area contributed by atoms with Gasteiger partial charge in [0, 0.05) is 25.7 Å². The minimum Gasteiger partial charge on any atom is -0.548 e. The van der Waals surface area contributed by atoms with Crippen LogP contribution in [-0.2, 0) is 11.3 Å². The van der Waals surface area contributed by atoms with E-state index in [4.69, 9.17) is 0 Å². The number of likely N-dealkylation sites (tertiary alicyclic amines) is 1. The molecular formula is C18H22F2KN3O3.